The maximum atomic E-state index is 12.7. The highest BCUT2D eigenvalue weighted by Crippen LogP contribution is 2.43. The van der Waals surface area contributed by atoms with Crippen LogP contribution in [0.15, 0.2) is 60.2 Å². The second kappa shape index (κ2) is 16.0. The zero-order valence-electron chi connectivity index (χ0n) is 27.9. The first-order chi connectivity index (χ1) is 21.8. The number of amides is 2. The van der Waals surface area contributed by atoms with Gasteiger partial charge in [0.25, 0.3) is 0 Å². The van der Waals surface area contributed by atoms with E-state index in [1.165, 1.54) is 13.0 Å². The summed E-state index contributed by atoms with van der Waals surface area (Å²) in [5.41, 5.74) is 2.54. The highest BCUT2D eigenvalue weighted by molar-refractivity contribution is 5.87. The van der Waals surface area contributed by atoms with Crippen LogP contribution in [0.2, 0.25) is 0 Å². The van der Waals surface area contributed by atoms with Gasteiger partial charge in [0.05, 0.1) is 37.4 Å². The molecule has 4 rings (SSSR count). The van der Waals surface area contributed by atoms with Gasteiger partial charge in [-0.2, -0.15) is 0 Å². The van der Waals surface area contributed by atoms with Crippen LogP contribution in [0.3, 0.4) is 0 Å². The Morgan fingerprint density at radius 2 is 1.93 bits per heavy atom. The van der Waals surface area contributed by atoms with Gasteiger partial charge in [-0.1, -0.05) is 60.6 Å². The van der Waals surface area contributed by atoms with E-state index in [1.54, 1.807) is 13.0 Å². The number of rotatable bonds is 12. The molecule has 252 valence electrons. The summed E-state index contributed by atoms with van der Waals surface area (Å²) in [4.78, 5) is 36.2. The first-order valence-corrected chi connectivity index (χ1v) is 16.3. The Morgan fingerprint density at radius 1 is 1.17 bits per heavy atom. The van der Waals surface area contributed by atoms with Gasteiger partial charge in [-0.3, -0.25) is 14.4 Å². The van der Waals surface area contributed by atoms with E-state index in [9.17, 15) is 19.5 Å². The number of epoxide rings is 1. The van der Waals surface area contributed by atoms with Crippen molar-refractivity contribution in [3.05, 3.63) is 71.3 Å². The van der Waals surface area contributed by atoms with Gasteiger partial charge in [0.15, 0.2) is 0 Å². The van der Waals surface area contributed by atoms with Crippen molar-refractivity contribution in [1.82, 2.24) is 10.6 Å². The van der Waals surface area contributed by atoms with Crippen molar-refractivity contribution in [3.8, 4) is 0 Å². The summed E-state index contributed by atoms with van der Waals surface area (Å²) in [6.45, 7) is 12.0. The molecule has 0 aromatic heterocycles. The number of allylic oxidation sites excluding steroid dienone is 2. The van der Waals surface area contributed by atoms with Crippen LogP contribution in [0.1, 0.15) is 71.4 Å². The molecule has 10 heteroatoms. The fraction of sp³-hybridized carbons (Fsp3) is 0.583. The molecule has 0 radical (unpaired) electrons. The lowest BCUT2D eigenvalue weighted by atomic mass is 9.87. The average molecular weight is 639 g/mol. The van der Waals surface area contributed by atoms with Gasteiger partial charge in [0.1, 0.15) is 23.9 Å². The summed E-state index contributed by atoms with van der Waals surface area (Å²) >= 11 is 0. The number of nitrogens with one attached hydrogen (secondary N) is 2. The first-order valence-electron chi connectivity index (χ1n) is 16.3. The summed E-state index contributed by atoms with van der Waals surface area (Å²) in [7, 11) is 0. The molecule has 10 nitrogen and oxygen atoms in total. The quantitative estimate of drug-likeness (QED) is 0.135. The number of aliphatic hydroxyl groups is 1. The molecule has 1 aromatic rings. The third-order valence-electron chi connectivity index (χ3n) is 8.91. The number of aliphatic hydroxyl groups excluding tert-OH is 1. The van der Waals surface area contributed by atoms with Crippen molar-refractivity contribution in [3.63, 3.8) is 0 Å². The minimum Gasteiger partial charge on any atom is -0.459 e. The molecule has 3 aliphatic heterocycles. The molecular formula is C36H50N2O8. The lowest BCUT2D eigenvalue weighted by Crippen LogP contribution is -2.50. The Morgan fingerprint density at radius 3 is 2.63 bits per heavy atom. The molecule has 3 aliphatic rings. The molecule has 3 fully saturated rings. The van der Waals surface area contributed by atoms with Crippen molar-refractivity contribution in [1.29, 1.82) is 0 Å². The van der Waals surface area contributed by atoms with Gasteiger partial charge in [0, 0.05) is 26.0 Å². The molecule has 1 spiro atoms. The maximum Gasteiger partial charge on any atom is 0.303 e. The topological polar surface area (TPSA) is 136 Å². The lowest BCUT2D eigenvalue weighted by Gasteiger charge is -2.39. The van der Waals surface area contributed by atoms with Gasteiger partial charge in [-0.05, 0) is 58.1 Å². The van der Waals surface area contributed by atoms with Crippen LogP contribution in [0.5, 0.6) is 0 Å². The van der Waals surface area contributed by atoms with E-state index in [0.29, 0.717) is 26.0 Å². The summed E-state index contributed by atoms with van der Waals surface area (Å²) in [6, 6.07) is 7.90. The Balaban J connectivity index is 1.25. The maximum absolute atomic E-state index is 12.7. The Bertz CT molecular complexity index is 1320. The minimum absolute atomic E-state index is 0.00613. The smallest absolute Gasteiger partial charge is 0.303 e. The largest absolute Gasteiger partial charge is 0.459 e. The zero-order valence-corrected chi connectivity index (χ0v) is 27.9. The Kier molecular flexibility index (Phi) is 12.4. The van der Waals surface area contributed by atoms with E-state index < -0.39 is 29.9 Å². The fourth-order valence-electron chi connectivity index (χ4n) is 6.19. The SMILES string of the molecule is CC(=O)O[C@@H](C)/C=C\C(=O)N[C@@H]1C[C@H](C)[C@H](C/C=C(C)/C=C/[C@H]2O[C@H](CC(=O)NCc3cccc(C)c3)C[C@@]3(CO3)[C@@H]2O)O[C@@H]1C. The summed E-state index contributed by atoms with van der Waals surface area (Å²) in [6.07, 6.45) is 8.59. The number of benzene rings is 1. The lowest BCUT2D eigenvalue weighted by molar-refractivity contribution is -0.145. The second-order valence-corrected chi connectivity index (χ2v) is 13.1. The van der Waals surface area contributed by atoms with Crippen LogP contribution in [0, 0.1) is 12.8 Å². The molecule has 3 N–H and O–H groups in total. The third kappa shape index (κ3) is 10.4. The van der Waals surface area contributed by atoms with Gasteiger partial charge < -0.3 is 34.7 Å². The molecule has 0 aliphatic carbocycles. The molecular weight excluding hydrogens is 588 g/mol. The van der Waals surface area contributed by atoms with E-state index >= 15 is 0 Å². The monoisotopic (exact) mass is 638 g/mol. The van der Waals surface area contributed by atoms with Crippen LogP contribution in [0.25, 0.3) is 0 Å². The van der Waals surface area contributed by atoms with E-state index in [0.717, 1.165) is 23.1 Å². The molecule has 0 bridgehead atoms. The van der Waals surface area contributed by atoms with Gasteiger partial charge in [-0.15, -0.1) is 0 Å². The normalized spacial score (nSPS) is 32.0. The summed E-state index contributed by atoms with van der Waals surface area (Å²) in [5.74, 6) is -0.527. The van der Waals surface area contributed by atoms with Gasteiger partial charge >= 0.3 is 5.97 Å². The highest BCUT2D eigenvalue weighted by Gasteiger charge is 2.58. The van der Waals surface area contributed by atoms with Crippen molar-refractivity contribution in [2.24, 2.45) is 5.92 Å². The van der Waals surface area contributed by atoms with E-state index in [1.807, 2.05) is 57.2 Å². The number of carbonyl (C=O) groups excluding carboxylic acids is 3. The van der Waals surface area contributed by atoms with Gasteiger partial charge in [-0.25, -0.2) is 0 Å². The first kappa shape index (κ1) is 35.5. The van der Waals surface area contributed by atoms with Crippen LogP contribution in [0.4, 0.5) is 0 Å². The van der Waals surface area contributed by atoms with Gasteiger partial charge in [0.2, 0.25) is 11.8 Å². The standard InChI is InChI=1S/C36H50N2O8/c1-22(10-13-31-24(3)17-30(26(5)45-31)38-33(40)15-12-25(4)44-27(6)39)11-14-32-35(42)36(21-43-36)19-29(46-32)18-34(41)37-20-28-9-7-8-23(2)16-28/h7-12,14-16,24-26,29-32,35,42H,13,17-21H2,1-6H3,(H,37,41)(H,38,40)/b14-11+,15-12-,22-10+/t24-,25-,26+,29+,30+,31-,32+,35+,36+/m0/s1. The van der Waals surface area contributed by atoms with Crippen LogP contribution < -0.4 is 10.6 Å². The van der Waals surface area contributed by atoms with E-state index in [4.69, 9.17) is 18.9 Å². The van der Waals surface area contributed by atoms with Crippen LogP contribution in [-0.4, -0.2) is 77.8 Å². The van der Waals surface area contributed by atoms with Crippen molar-refractivity contribution < 1.29 is 38.4 Å². The fourth-order valence-corrected chi connectivity index (χ4v) is 6.19. The van der Waals surface area contributed by atoms with Crippen molar-refractivity contribution in [2.45, 2.75) is 122 Å². The molecule has 9 atom stereocenters. The zero-order chi connectivity index (χ0) is 33.4. The molecule has 0 unspecified atom stereocenters. The molecule has 3 heterocycles. The second-order valence-electron chi connectivity index (χ2n) is 13.1. The molecule has 3 saturated heterocycles. The van der Waals surface area contributed by atoms with Crippen molar-refractivity contribution >= 4 is 17.8 Å². The average Bonchev–Trinajstić information content (AvgIpc) is 3.76. The molecule has 2 amide bonds. The van der Waals surface area contributed by atoms with Crippen molar-refractivity contribution in [2.75, 3.05) is 6.61 Å². The van der Waals surface area contributed by atoms with Crippen LogP contribution in [-0.2, 0) is 39.9 Å². The highest BCUT2D eigenvalue weighted by atomic mass is 16.6. The predicted molar refractivity (Wildman–Crippen MR) is 174 cm³/mol. The number of aryl methyl sites for hydroxylation is 1. The molecule has 46 heavy (non-hydrogen) atoms. The molecule has 1 aromatic carbocycles. The van der Waals surface area contributed by atoms with E-state index in [2.05, 4.69) is 23.6 Å². The number of hydrogen-bond acceptors (Lipinski definition) is 8. The summed E-state index contributed by atoms with van der Waals surface area (Å²) in [5, 5.41) is 17.0. The number of esters is 1. The third-order valence-corrected chi connectivity index (χ3v) is 8.91. The minimum atomic E-state index is -0.808. The van der Waals surface area contributed by atoms with Crippen LogP contribution >= 0.6 is 0 Å². The molecule has 0 saturated carbocycles. The predicted octanol–water partition coefficient (Wildman–Crippen LogP) is 3.99. The summed E-state index contributed by atoms with van der Waals surface area (Å²) < 4.78 is 23.2. The number of ether oxygens (including phenoxy) is 4. The Hall–Kier alpha value is -3.31. The number of carbonyl (C=O) groups is 3. The van der Waals surface area contributed by atoms with E-state index in [-0.39, 0.29) is 48.5 Å². The number of hydrogen-bond donors (Lipinski definition) is 3. The Labute approximate surface area is 272 Å².